The second-order valence-electron chi connectivity index (χ2n) is 7.47. The average molecular weight is 426 g/mol. The highest BCUT2D eigenvalue weighted by molar-refractivity contribution is 7.99. The molecule has 1 aliphatic heterocycles. The van der Waals surface area contributed by atoms with Crippen LogP contribution in [-0.4, -0.2) is 35.8 Å². The van der Waals surface area contributed by atoms with E-state index in [0.29, 0.717) is 12.2 Å². The lowest BCUT2D eigenvalue weighted by Crippen LogP contribution is -2.50. The van der Waals surface area contributed by atoms with Crippen LogP contribution in [0.4, 0.5) is 13.2 Å². The molecule has 0 amide bonds. The lowest BCUT2D eigenvalue weighted by atomic mass is 9.87. The molecular formula is C22H26F3NO2S. The first kappa shape index (κ1) is 22.0. The van der Waals surface area contributed by atoms with E-state index in [1.165, 1.54) is 0 Å². The molecule has 0 radical (unpaired) electrons. The van der Waals surface area contributed by atoms with Gasteiger partial charge in [0.2, 0.25) is 0 Å². The van der Waals surface area contributed by atoms with Gasteiger partial charge in [-0.1, -0.05) is 49.4 Å². The van der Waals surface area contributed by atoms with Crippen molar-refractivity contribution >= 4 is 11.8 Å². The monoisotopic (exact) mass is 425 g/mol. The zero-order valence-electron chi connectivity index (χ0n) is 16.5. The van der Waals surface area contributed by atoms with Gasteiger partial charge in [0, 0.05) is 11.3 Å². The lowest BCUT2D eigenvalue weighted by molar-refractivity contribution is -0.155. The summed E-state index contributed by atoms with van der Waals surface area (Å²) >= 11 is 1.57. The Morgan fingerprint density at radius 2 is 1.93 bits per heavy atom. The van der Waals surface area contributed by atoms with E-state index in [1.54, 1.807) is 18.9 Å². The summed E-state index contributed by atoms with van der Waals surface area (Å²) in [5.41, 5.74) is 1.40. The second-order valence-corrected chi connectivity index (χ2v) is 8.45. The zero-order chi connectivity index (χ0) is 21.1. The predicted octanol–water partition coefficient (Wildman–Crippen LogP) is 5.33. The summed E-state index contributed by atoms with van der Waals surface area (Å²) in [7, 11) is 1.62. The number of methoxy groups -OCH3 is 1. The van der Waals surface area contributed by atoms with Crippen molar-refractivity contribution in [1.82, 2.24) is 5.32 Å². The Labute approximate surface area is 173 Å². The molecular weight excluding hydrogens is 399 g/mol. The van der Waals surface area contributed by atoms with Gasteiger partial charge in [-0.05, 0) is 30.0 Å². The summed E-state index contributed by atoms with van der Waals surface area (Å²) in [5, 5.41) is 13.8. The molecule has 3 nitrogen and oxygen atoms in total. The van der Waals surface area contributed by atoms with Crippen LogP contribution in [0, 0.1) is 0 Å². The molecule has 2 aromatic carbocycles. The molecule has 0 fully saturated rings. The standard InChI is InChI=1S/C22H26F3NO2S/c1-3-21(12-16(27)13-22(23,24)25)14-29-20-17(10-7-11-18(20)28-2)19(26-21)15-8-5-4-6-9-15/h4-11,16,19,26-27H,3,12-14H2,1-2H3/t16?,19-,21-/m0/s1. The van der Waals surface area contributed by atoms with Crippen molar-refractivity contribution in [3.05, 3.63) is 59.7 Å². The van der Waals surface area contributed by atoms with Crippen LogP contribution < -0.4 is 10.1 Å². The van der Waals surface area contributed by atoms with Crippen molar-refractivity contribution in [1.29, 1.82) is 0 Å². The third-order valence-corrected chi connectivity index (χ3v) is 6.81. The summed E-state index contributed by atoms with van der Waals surface area (Å²) < 4.78 is 44.0. The van der Waals surface area contributed by atoms with Gasteiger partial charge in [0.05, 0.1) is 30.6 Å². The van der Waals surface area contributed by atoms with Crippen molar-refractivity contribution in [2.45, 2.75) is 54.9 Å². The van der Waals surface area contributed by atoms with Gasteiger partial charge in [0.15, 0.2) is 0 Å². The maximum atomic E-state index is 12.8. The van der Waals surface area contributed by atoms with Crippen LogP contribution in [0.25, 0.3) is 0 Å². The number of benzene rings is 2. The van der Waals surface area contributed by atoms with Gasteiger partial charge in [0.1, 0.15) is 5.75 Å². The Bertz CT molecular complexity index is 815. The first-order valence-corrected chi connectivity index (χ1v) is 10.6. The highest BCUT2D eigenvalue weighted by atomic mass is 32.2. The second kappa shape index (κ2) is 8.98. The minimum atomic E-state index is -4.39. The van der Waals surface area contributed by atoms with Crippen LogP contribution in [0.5, 0.6) is 5.75 Å². The summed E-state index contributed by atoms with van der Waals surface area (Å²) in [6, 6.07) is 15.5. The van der Waals surface area contributed by atoms with Gasteiger partial charge in [-0.2, -0.15) is 13.2 Å². The molecule has 1 unspecified atom stereocenters. The molecule has 3 atom stereocenters. The van der Waals surface area contributed by atoms with Crippen molar-refractivity contribution in [3.63, 3.8) is 0 Å². The predicted molar refractivity (Wildman–Crippen MR) is 109 cm³/mol. The number of aliphatic hydroxyl groups is 1. The topological polar surface area (TPSA) is 41.5 Å². The molecule has 0 saturated carbocycles. The lowest BCUT2D eigenvalue weighted by Gasteiger charge is -2.37. The van der Waals surface area contributed by atoms with Crippen LogP contribution in [0.1, 0.15) is 43.4 Å². The summed E-state index contributed by atoms with van der Waals surface area (Å²) in [6.07, 6.45) is -6.43. The molecule has 29 heavy (non-hydrogen) atoms. The number of hydrogen-bond donors (Lipinski definition) is 2. The molecule has 0 aromatic heterocycles. The van der Waals surface area contributed by atoms with E-state index in [4.69, 9.17) is 4.74 Å². The molecule has 2 aromatic rings. The van der Waals surface area contributed by atoms with Crippen molar-refractivity contribution in [2.24, 2.45) is 0 Å². The molecule has 3 rings (SSSR count). The van der Waals surface area contributed by atoms with Crippen LogP contribution in [0.2, 0.25) is 0 Å². The van der Waals surface area contributed by atoms with E-state index in [0.717, 1.165) is 21.8 Å². The Balaban J connectivity index is 2.00. The summed E-state index contributed by atoms with van der Waals surface area (Å²) in [6.45, 7) is 1.95. The van der Waals surface area contributed by atoms with E-state index in [1.807, 2.05) is 55.5 Å². The number of ether oxygens (including phenoxy) is 1. The number of fused-ring (bicyclic) bond motifs is 1. The molecule has 158 valence electrons. The molecule has 1 heterocycles. The van der Waals surface area contributed by atoms with Crippen molar-refractivity contribution in [3.8, 4) is 5.75 Å². The average Bonchev–Trinajstić information content (AvgIpc) is 2.85. The Morgan fingerprint density at radius 3 is 2.55 bits per heavy atom. The quantitative estimate of drug-likeness (QED) is 0.656. The number of halogens is 3. The fourth-order valence-corrected chi connectivity index (χ4v) is 5.35. The number of aliphatic hydroxyl groups excluding tert-OH is 1. The van der Waals surface area contributed by atoms with Crippen LogP contribution in [0.15, 0.2) is 53.4 Å². The Kier molecular flexibility index (Phi) is 6.81. The highest BCUT2D eigenvalue weighted by Crippen LogP contribution is 2.45. The number of nitrogens with one attached hydrogen (secondary N) is 1. The maximum absolute atomic E-state index is 12.8. The Morgan fingerprint density at radius 1 is 1.21 bits per heavy atom. The number of thioether (sulfide) groups is 1. The van der Waals surface area contributed by atoms with Crippen LogP contribution in [-0.2, 0) is 0 Å². The Hall–Kier alpha value is -1.70. The minimum Gasteiger partial charge on any atom is -0.496 e. The first-order chi connectivity index (χ1) is 13.8. The van der Waals surface area contributed by atoms with E-state index in [-0.39, 0.29) is 12.5 Å². The van der Waals surface area contributed by atoms with Gasteiger partial charge >= 0.3 is 6.18 Å². The molecule has 2 N–H and O–H groups in total. The largest absolute Gasteiger partial charge is 0.496 e. The van der Waals surface area contributed by atoms with Crippen molar-refractivity contribution in [2.75, 3.05) is 12.9 Å². The van der Waals surface area contributed by atoms with Gasteiger partial charge in [-0.25, -0.2) is 0 Å². The van der Waals surface area contributed by atoms with Gasteiger partial charge in [-0.15, -0.1) is 11.8 Å². The SMILES string of the molecule is CC[C@]1(CC(O)CC(F)(F)F)CSc2c(OC)cccc2[C@H](c2ccccc2)N1. The fraction of sp³-hybridized carbons (Fsp3) is 0.455. The molecule has 1 aliphatic rings. The third-order valence-electron chi connectivity index (χ3n) is 5.39. The normalized spacial score (nSPS) is 23.2. The molecule has 0 aliphatic carbocycles. The van der Waals surface area contributed by atoms with E-state index in [9.17, 15) is 18.3 Å². The highest BCUT2D eigenvalue weighted by Gasteiger charge is 2.40. The van der Waals surface area contributed by atoms with Gasteiger partial charge in [-0.3, -0.25) is 5.32 Å². The van der Waals surface area contributed by atoms with Gasteiger partial charge in [0.25, 0.3) is 0 Å². The molecule has 7 heteroatoms. The maximum Gasteiger partial charge on any atom is 0.391 e. The zero-order valence-corrected chi connectivity index (χ0v) is 17.3. The van der Waals surface area contributed by atoms with E-state index >= 15 is 0 Å². The van der Waals surface area contributed by atoms with Crippen LogP contribution >= 0.6 is 11.8 Å². The fourth-order valence-electron chi connectivity index (χ4n) is 3.88. The summed E-state index contributed by atoms with van der Waals surface area (Å²) in [4.78, 5) is 0.983. The smallest absolute Gasteiger partial charge is 0.391 e. The van der Waals surface area contributed by atoms with E-state index in [2.05, 4.69) is 5.32 Å². The molecule has 0 spiro atoms. The van der Waals surface area contributed by atoms with Gasteiger partial charge < -0.3 is 9.84 Å². The van der Waals surface area contributed by atoms with Crippen molar-refractivity contribution < 1.29 is 23.0 Å². The first-order valence-electron chi connectivity index (χ1n) is 9.64. The third kappa shape index (κ3) is 5.27. The number of alkyl halides is 3. The number of hydrogen-bond acceptors (Lipinski definition) is 4. The molecule has 0 saturated heterocycles. The number of rotatable bonds is 6. The van der Waals surface area contributed by atoms with E-state index < -0.39 is 24.2 Å². The van der Waals surface area contributed by atoms with Crippen LogP contribution in [0.3, 0.4) is 0 Å². The minimum absolute atomic E-state index is 0.0235. The molecule has 0 bridgehead atoms. The summed E-state index contributed by atoms with van der Waals surface area (Å²) in [5.74, 6) is 1.28.